The van der Waals surface area contributed by atoms with Crippen molar-refractivity contribution in [2.45, 2.75) is 39.2 Å². The largest absolute Gasteiger partial charge is 0.355 e. The van der Waals surface area contributed by atoms with Crippen LogP contribution in [0.2, 0.25) is 0 Å². The molecule has 0 unspecified atom stereocenters. The smallest absolute Gasteiger partial charge is 0.350 e. The number of halogens is 2. The number of anilines is 2. The number of nitrogens with one attached hydrogen (secondary N) is 1. The van der Waals surface area contributed by atoms with Crippen LogP contribution in [0.4, 0.5) is 20.3 Å². The molecule has 2 aliphatic heterocycles. The van der Waals surface area contributed by atoms with E-state index >= 15 is 8.78 Å². The number of pyridine rings is 1. The summed E-state index contributed by atoms with van der Waals surface area (Å²) in [4.78, 5) is 60.7. The lowest BCUT2D eigenvalue weighted by molar-refractivity contribution is -0.126. The van der Waals surface area contributed by atoms with Gasteiger partial charge in [-0.05, 0) is 37.1 Å². The first-order valence-electron chi connectivity index (χ1n) is 13.8. The van der Waals surface area contributed by atoms with Gasteiger partial charge in [0.15, 0.2) is 11.5 Å². The highest BCUT2D eigenvalue weighted by Gasteiger charge is 2.32. The van der Waals surface area contributed by atoms with Crippen LogP contribution in [0.5, 0.6) is 0 Å². The van der Waals surface area contributed by atoms with E-state index in [0.29, 0.717) is 25.3 Å². The van der Waals surface area contributed by atoms with Gasteiger partial charge in [0.2, 0.25) is 11.8 Å². The lowest BCUT2D eigenvalue weighted by atomic mass is 10.0. The van der Waals surface area contributed by atoms with Crippen molar-refractivity contribution >= 4 is 34.4 Å². The first kappa shape index (κ1) is 28.1. The van der Waals surface area contributed by atoms with E-state index in [1.165, 1.54) is 35.2 Å². The second kappa shape index (κ2) is 10.6. The Hall–Kier alpha value is -5.07. The fourth-order valence-corrected chi connectivity index (χ4v) is 5.74. The molecule has 2 bridgehead atoms. The number of amides is 2. The number of benzene rings is 1. The Labute approximate surface area is 244 Å². The summed E-state index contributed by atoms with van der Waals surface area (Å²) in [5.74, 6) is -2.48. The minimum atomic E-state index is -0.873. The molecule has 0 radical (unpaired) electrons. The number of hydrogen-bond acceptors (Lipinski definition) is 8. The molecule has 4 aromatic rings. The maximum Gasteiger partial charge on any atom is 0.355 e. The minimum Gasteiger partial charge on any atom is -0.350 e. The van der Waals surface area contributed by atoms with E-state index in [1.807, 2.05) is 25.7 Å². The Bertz CT molecular complexity index is 1890. The first-order chi connectivity index (χ1) is 20.6. The van der Waals surface area contributed by atoms with Crippen molar-refractivity contribution in [3.05, 3.63) is 76.8 Å². The van der Waals surface area contributed by atoms with E-state index in [9.17, 15) is 14.4 Å². The summed E-state index contributed by atoms with van der Waals surface area (Å²) in [6, 6.07) is 4.88. The molecule has 1 N–H and O–H groups in total. The van der Waals surface area contributed by atoms with Gasteiger partial charge in [0, 0.05) is 25.7 Å². The highest BCUT2D eigenvalue weighted by atomic mass is 19.1. The molecule has 1 aromatic carbocycles. The van der Waals surface area contributed by atoms with Gasteiger partial charge >= 0.3 is 5.69 Å². The van der Waals surface area contributed by atoms with Crippen LogP contribution in [0.15, 0.2) is 48.0 Å². The SMILES string of the molecule is C=CC(=O)N1CCN(c2nc(=O)n3c4nc(c(F)cc24)-c2c(F)cccc2NC(=O)Cc2ncnc(C(C)C)c2-3)[C@H](C)C1. The number of aromatic nitrogens is 5. The van der Waals surface area contributed by atoms with Gasteiger partial charge in [-0.2, -0.15) is 4.98 Å². The molecule has 1 fully saturated rings. The zero-order valence-electron chi connectivity index (χ0n) is 23.8. The molecule has 0 spiro atoms. The summed E-state index contributed by atoms with van der Waals surface area (Å²) in [5.41, 5.74) is -0.459. The Morgan fingerprint density at radius 2 is 1.93 bits per heavy atom. The number of piperazine rings is 1. The zero-order valence-corrected chi connectivity index (χ0v) is 23.8. The minimum absolute atomic E-state index is 0.00435. The molecule has 0 aliphatic carbocycles. The van der Waals surface area contributed by atoms with E-state index in [0.717, 1.165) is 6.07 Å². The molecule has 2 amide bonds. The van der Waals surface area contributed by atoms with Crippen LogP contribution in [0.25, 0.3) is 28.0 Å². The summed E-state index contributed by atoms with van der Waals surface area (Å²) in [6.45, 7) is 10.1. The summed E-state index contributed by atoms with van der Waals surface area (Å²) in [6.07, 6.45) is 2.28. The van der Waals surface area contributed by atoms with Crippen LogP contribution in [0.1, 0.15) is 38.1 Å². The molecule has 6 rings (SSSR count). The molecule has 220 valence electrons. The molecule has 1 atom stereocenters. The Kier molecular flexibility index (Phi) is 6.95. The van der Waals surface area contributed by atoms with Gasteiger partial charge in [-0.25, -0.2) is 33.1 Å². The normalized spacial score (nSPS) is 16.5. The highest BCUT2D eigenvalue weighted by Crippen LogP contribution is 2.37. The molecule has 2 aliphatic rings. The second-order valence-electron chi connectivity index (χ2n) is 10.9. The third kappa shape index (κ3) is 4.70. The number of hydrogen-bond donors (Lipinski definition) is 1. The molecular formula is C30H28F2N8O3. The van der Waals surface area contributed by atoms with E-state index in [2.05, 4.69) is 31.8 Å². The van der Waals surface area contributed by atoms with E-state index < -0.39 is 23.2 Å². The van der Waals surface area contributed by atoms with Crippen molar-refractivity contribution in [2.75, 3.05) is 29.9 Å². The molecule has 13 heteroatoms. The summed E-state index contributed by atoms with van der Waals surface area (Å²) >= 11 is 0. The predicted molar refractivity (Wildman–Crippen MR) is 156 cm³/mol. The standard InChI is InChI=1S/C30H28F2N8O3/c1-5-23(42)38-9-10-39(16(4)13-38)28-17-11-19(32)26-24-18(31)7-6-8-20(24)35-22(41)12-21-27(25(15(2)3)34-14-33-21)40(29(17)36-26)30(43)37-28/h5-8,11,14-16H,1,9-10,12-13H2,2-4H3,(H,35,41)/t16-/m1/s1. The summed E-state index contributed by atoms with van der Waals surface area (Å²) in [7, 11) is 0. The van der Waals surface area contributed by atoms with E-state index in [4.69, 9.17) is 0 Å². The van der Waals surface area contributed by atoms with Gasteiger partial charge < -0.3 is 15.1 Å². The molecule has 11 nitrogen and oxygen atoms in total. The van der Waals surface area contributed by atoms with Crippen molar-refractivity contribution in [3.63, 3.8) is 0 Å². The first-order valence-corrected chi connectivity index (χ1v) is 13.8. The lowest BCUT2D eigenvalue weighted by Crippen LogP contribution is -2.54. The van der Waals surface area contributed by atoms with Crippen molar-refractivity contribution in [2.24, 2.45) is 0 Å². The maximum atomic E-state index is 16.1. The average molecular weight is 587 g/mol. The quantitative estimate of drug-likeness (QED) is 0.363. The third-order valence-electron chi connectivity index (χ3n) is 7.74. The van der Waals surface area contributed by atoms with Crippen molar-refractivity contribution in [3.8, 4) is 16.9 Å². The van der Waals surface area contributed by atoms with Crippen molar-refractivity contribution in [1.82, 2.24) is 29.4 Å². The fraction of sp³-hybridized carbons (Fsp3) is 0.300. The van der Waals surface area contributed by atoms with Crippen LogP contribution in [-0.2, 0) is 16.0 Å². The van der Waals surface area contributed by atoms with Crippen LogP contribution in [-0.4, -0.2) is 66.9 Å². The van der Waals surface area contributed by atoms with Crippen LogP contribution in [0.3, 0.4) is 0 Å². The average Bonchev–Trinajstić information content (AvgIpc) is 2.98. The van der Waals surface area contributed by atoms with Crippen molar-refractivity contribution in [1.29, 1.82) is 0 Å². The van der Waals surface area contributed by atoms with Crippen LogP contribution < -0.4 is 15.9 Å². The Balaban J connectivity index is 1.70. The van der Waals surface area contributed by atoms with Gasteiger partial charge in [-0.15, -0.1) is 0 Å². The number of nitrogens with zero attached hydrogens (tertiary/aromatic N) is 7. The number of rotatable bonds is 3. The summed E-state index contributed by atoms with van der Waals surface area (Å²) < 4.78 is 32.6. The van der Waals surface area contributed by atoms with Gasteiger partial charge in [0.05, 0.1) is 40.1 Å². The molecule has 5 heterocycles. The van der Waals surface area contributed by atoms with Gasteiger partial charge in [-0.1, -0.05) is 26.5 Å². The predicted octanol–water partition coefficient (Wildman–Crippen LogP) is 3.36. The Morgan fingerprint density at radius 1 is 1.14 bits per heavy atom. The molecule has 43 heavy (non-hydrogen) atoms. The topological polar surface area (TPSA) is 126 Å². The van der Waals surface area contributed by atoms with Gasteiger partial charge in [-0.3, -0.25) is 9.59 Å². The van der Waals surface area contributed by atoms with E-state index in [-0.39, 0.29) is 69.5 Å². The van der Waals surface area contributed by atoms with E-state index in [1.54, 1.807) is 4.90 Å². The molecular weight excluding hydrogens is 558 g/mol. The molecule has 1 saturated heterocycles. The summed E-state index contributed by atoms with van der Waals surface area (Å²) in [5, 5.41) is 2.85. The van der Waals surface area contributed by atoms with Crippen molar-refractivity contribution < 1.29 is 18.4 Å². The van der Waals surface area contributed by atoms with Crippen LogP contribution >= 0.6 is 0 Å². The monoisotopic (exact) mass is 586 g/mol. The number of fused-ring (bicyclic) bond motifs is 5. The second-order valence-corrected chi connectivity index (χ2v) is 10.9. The lowest BCUT2D eigenvalue weighted by Gasteiger charge is -2.40. The Morgan fingerprint density at radius 3 is 2.65 bits per heavy atom. The van der Waals surface area contributed by atoms with Gasteiger partial charge in [0.1, 0.15) is 23.7 Å². The fourth-order valence-electron chi connectivity index (χ4n) is 5.74. The maximum absolute atomic E-state index is 16.1. The van der Waals surface area contributed by atoms with Crippen LogP contribution in [0, 0.1) is 11.6 Å². The molecule has 0 saturated carbocycles. The van der Waals surface area contributed by atoms with Gasteiger partial charge in [0.25, 0.3) is 0 Å². The number of carbonyl (C=O) groups excluding carboxylic acids is 2. The molecule has 3 aromatic heterocycles. The number of carbonyl (C=O) groups is 2. The highest BCUT2D eigenvalue weighted by molar-refractivity contribution is 5.98. The zero-order chi connectivity index (χ0) is 30.6. The third-order valence-corrected chi connectivity index (χ3v) is 7.74.